The molecular weight excluding hydrogens is 386 g/mol. The summed E-state index contributed by atoms with van der Waals surface area (Å²) >= 11 is 5.98. The first-order chi connectivity index (χ1) is 13.7. The van der Waals surface area contributed by atoms with E-state index in [1.165, 1.54) is 5.69 Å². The molecule has 2 unspecified atom stereocenters. The van der Waals surface area contributed by atoms with Crippen molar-refractivity contribution in [3.8, 4) is 0 Å². The molecular formula is C23H32ClN3O2. The lowest BCUT2D eigenvalue weighted by Crippen LogP contribution is -2.59. The molecule has 158 valence electrons. The molecule has 0 spiro atoms. The zero-order valence-electron chi connectivity index (χ0n) is 17.8. The van der Waals surface area contributed by atoms with Crippen molar-refractivity contribution in [1.82, 2.24) is 9.80 Å². The van der Waals surface area contributed by atoms with Gasteiger partial charge >= 0.3 is 0 Å². The van der Waals surface area contributed by atoms with Gasteiger partial charge in [0.25, 0.3) is 0 Å². The lowest BCUT2D eigenvalue weighted by molar-refractivity contribution is -0.167. The standard InChI is InChI=1S/C23H32ClN3O2/c1-22(2)19-9-10-23(22,3)21(29)27(20(19)28)12-4-11-25-13-15-26(16-14-25)18-7-5-17(24)6-8-18/h5-8,19H,4,9-16H2,1-3H3. The summed E-state index contributed by atoms with van der Waals surface area (Å²) in [7, 11) is 0. The predicted octanol–water partition coefficient (Wildman–Crippen LogP) is 3.66. The monoisotopic (exact) mass is 417 g/mol. The smallest absolute Gasteiger partial charge is 0.235 e. The van der Waals surface area contributed by atoms with Crippen molar-refractivity contribution in [2.24, 2.45) is 16.7 Å². The second-order valence-electron chi connectivity index (χ2n) is 9.60. The van der Waals surface area contributed by atoms with Crippen LogP contribution in [0.25, 0.3) is 0 Å². The zero-order chi connectivity index (χ0) is 20.8. The van der Waals surface area contributed by atoms with E-state index in [0.29, 0.717) is 6.54 Å². The number of piperazine rings is 1. The quantitative estimate of drug-likeness (QED) is 0.686. The molecule has 2 amide bonds. The molecule has 2 atom stereocenters. The van der Waals surface area contributed by atoms with Gasteiger partial charge in [-0.2, -0.15) is 0 Å². The first kappa shape index (κ1) is 20.7. The average Bonchev–Trinajstić information content (AvgIpc) is 2.89. The largest absolute Gasteiger partial charge is 0.369 e. The Balaban J connectivity index is 1.28. The number of hydrogen-bond donors (Lipinski definition) is 0. The Morgan fingerprint density at radius 1 is 1.00 bits per heavy atom. The molecule has 29 heavy (non-hydrogen) atoms. The minimum absolute atomic E-state index is 0.00637. The van der Waals surface area contributed by atoms with Crippen molar-refractivity contribution in [3.63, 3.8) is 0 Å². The topological polar surface area (TPSA) is 43.9 Å². The minimum atomic E-state index is -0.393. The maximum atomic E-state index is 13.1. The fourth-order valence-corrected chi connectivity index (χ4v) is 5.57. The number of piperidine rings is 1. The third kappa shape index (κ3) is 3.46. The molecule has 6 heteroatoms. The van der Waals surface area contributed by atoms with E-state index in [0.717, 1.165) is 57.0 Å². The van der Waals surface area contributed by atoms with Crippen LogP contribution in [-0.4, -0.2) is 60.9 Å². The van der Waals surface area contributed by atoms with Gasteiger partial charge in [-0.15, -0.1) is 0 Å². The Hall–Kier alpha value is -1.59. The number of carbonyl (C=O) groups excluding carboxylic acids is 2. The fraction of sp³-hybridized carbons (Fsp3) is 0.652. The molecule has 4 rings (SSSR count). The summed E-state index contributed by atoms with van der Waals surface area (Å²) in [5, 5.41) is 0.764. The normalized spacial score (nSPS) is 29.6. The molecule has 2 heterocycles. The van der Waals surface area contributed by atoms with Gasteiger partial charge < -0.3 is 4.90 Å². The minimum Gasteiger partial charge on any atom is -0.369 e. The van der Waals surface area contributed by atoms with Gasteiger partial charge in [0.2, 0.25) is 11.8 Å². The van der Waals surface area contributed by atoms with Gasteiger partial charge in [-0.3, -0.25) is 19.4 Å². The Morgan fingerprint density at radius 2 is 1.66 bits per heavy atom. The summed E-state index contributed by atoms with van der Waals surface area (Å²) in [6.45, 7) is 11.7. The van der Waals surface area contributed by atoms with Crippen LogP contribution < -0.4 is 4.90 Å². The Morgan fingerprint density at radius 3 is 2.31 bits per heavy atom. The number of rotatable bonds is 5. The van der Waals surface area contributed by atoms with Crippen LogP contribution in [0.2, 0.25) is 5.02 Å². The highest BCUT2D eigenvalue weighted by molar-refractivity contribution is 6.30. The first-order valence-electron chi connectivity index (χ1n) is 10.8. The number of nitrogens with zero attached hydrogens (tertiary/aromatic N) is 3. The van der Waals surface area contributed by atoms with Crippen molar-refractivity contribution >= 4 is 29.1 Å². The molecule has 2 aliphatic heterocycles. The molecule has 2 saturated heterocycles. The maximum absolute atomic E-state index is 13.1. The van der Waals surface area contributed by atoms with Crippen LogP contribution in [-0.2, 0) is 9.59 Å². The van der Waals surface area contributed by atoms with Gasteiger partial charge in [-0.25, -0.2) is 0 Å². The number of fused-ring (bicyclic) bond motifs is 2. The first-order valence-corrected chi connectivity index (χ1v) is 11.2. The number of halogens is 1. The predicted molar refractivity (Wildman–Crippen MR) is 116 cm³/mol. The van der Waals surface area contributed by atoms with E-state index in [1.807, 2.05) is 12.1 Å². The molecule has 3 fully saturated rings. The zero-order valence-corrected chi connectivity index (χ0v) is 18.5. The molecule has 1 saturated carbocycles. The van der Waals surface area contributed by atoms with Gasteiger partial charge in [0.05, 0.1) is 5.41 Å². The van der Waals surface area contributed by atoms with Crippen LogP contribution >= 0.6 is 11.6 Å². The van der Waals surface area contributed by atoms with E-state index in [2.05, 4.69) is 42.7 Å². The van der Waals surface area contributed by atoms with Gasteiger partial charge in [0.1, 0.15) is 0 Å². The van der Waals surface area contributed by atoms with Crippen LogP contribution in [0, 0.1) is 16.7 Å². The third-order valence-electron chi connectivity index (χ3n) is 7.93. The highest BCUT2D eigenvalue weighted by Gasteiger charge is 2.64. The highest BCUT2D eigenvalue weighted by atomic mass is 35.5. The van der Waals surface area contributed by atoms with Gasteiger partial charge in [0.15, 0.2) is 0 Å². The van der Waals surface area contributed by atoms with E-state index in [1.54, 1.807) is 4.90 Å². The van der Waals surface area contributed by atoms with Crippen molar-refractivity contribution in [1.29, 1.82) is 0 Å². The summed E-state index contributed by atoms with van der Waals surface area (Å²) in [6, 6.07) is 8.01. The number of likely N-dealkylation sites (tertiary alicyclic amines) is 1. The lowest BCUT2D eigenvalue weighted by atomic mass is 9.62. The number of anilines is 1. The van der Waals surface area contributed by atoms with Gasteiger partial charge in [0, 0.05) is 49.4 Å². The van der Waals surface area contributed by atoms with Crippen LogP contribution in [0.5, 0.6) is 0 Å². The van der Waals surface area contributed by atoms with Crippen LogP contribution in [0.15, 0.2) is 24.3 Å². The summed E-state index contributed by atoms with van der Waals surface area (Å²) in [4.78, 5) is 32.4. The van der Waals surface area contributed by atoms with Crippen molar-refractivity contribution in [2.75, 3.05) is 44.2 Å². The molecule has 2 bridgehead atoms. The Labute approximate surface area is 179 Å². The third-order valence-corrected chi connectivity index (χ3v) is 8.18. The maximum Gasteiger partial charge on any atom is 0.235 e. The summed E-state index contributed by atoms with van der Waals surface area (Å²) < 4.78 is 0. The second kappa shape index (κ2) is 7.59. The molecule has 5 nitrogen and oxygen atoms in total. The molecule has 1 aromatic rings. The number of carbonyl (C=O) groups is 2. The molecule has 0 radical (unpaired) electrons. The highest BCUT2D eigenvalue weighted by Crippen LogP contribution is 2.60. The van der Waals surface area contributed by atoms with Gasteiger partial charge in [-0.1, -0.05) is 32.4 Å². The SMILES string of the molecule is CC12CCC(C(=O)N(CCCN3CCN(c4ccc(Cl)cc4)CC3)C1=O)C2(C)C. The van der Waals surface area contributed by atoms with Crippen LogP contribution in [0.4, 0.5) is 5.69 Å². The van der Waals surface area contributed by atoms with E-state index in [9.17, 15) is 9.59 Å². The summed E-state index contributed by atoms with van der Waals surface area (Å²) in [6.07, 6.45) is 2.53. The molecule has 1 aliphatic carbocycles. The molecule has 1 aromatic carbocycles. The number of imide groups is 1. The average molecular weight is 418 g/mol. The molecule has 0 aromatic heterocycles. The molecule has 0 N–H and O–H groups in total. The number of benzene rings is 1. The Kier molecular flexibility index (Phi) is 5.41. The fourth-order valence-electron chi connectivity index (χ4n) is 5.45. The van der Waals surface area contributed by atoms with E-state index < -0.39 is 5.41 Å². The van der Waals surface area contributed by atoms with E-state index in [4.69, 9.17) is 11.6 Å². The van der Waals surface area contributed by atoms with E-state index in [-0.39, 0.29) is 23.1 Å². The second-order valence-corrected chi connectivity index (χ2v) is 10.0. The Bertz CT molecular complexity index is 786. The van der Waals surface area contributed by atoms with Crippen LogP contribution in [0.1, 0.15) is 40.0 Å². The summed E-state index contributed by atoms with van der Waals surface area (Å²) in [5.41, 5.74) is 0.593. The van der Waals surface area contributed by atoms with E-state index >= 15 is 0 Å². The number of amides is 2. The van der Waals surface area contributed by atoms with Crippen molar-refractivity contribution < 1.29 is 9.59 Å². The summed E-state index contributed by atoms with van der Waals surface area (Å²) in [5.74, 6) is 0.101. The molecule has 3 aliphatic rings. The van der Waals surface area contributed by atoms with Crippen molar-refractivity contribution in [3.05, 3.63) is 29.3 Å². The van der Waals surface area contributed by atoms with Crippen molar-refractivity contribution in [2.45, 2.75) is 40.0 Å². The number of hydrogen-bond acceptors (Lipinski definition) is 4. The lowest BCUT2D eigenvalue weighted by Gasteiger charge is -2.47. The van der Waals surface area contributed by atoms with Gasteiger partial charge in [-0.05, 0) is 55.5 Å². The van der Waals surface area contributed by atoms with Crippen LogP contribution in [0.3, 0.4) is 0 Å².